The van der Waals surface area contributed by atoms with E-state index in [4.69, 9.17) is 12.2 Å². The molecule has 2 heteroatoms. The molecular formula is C9H15NS. The normalized spacial score (nSPS) is 15.9. The zero-order valence-electron chi connectivity index (χ0n) is 7.40. The molecule has 0 amide bonds. The van der Waals surface area contributed by atoms with Crippen LogP contribution < -0.4 is 5.32 Å². The summed E-state index contributed by atoms with van der Waals surface area (Å²) in [5.41, 5.74) is 2.54. The van der Waals surface area contributed by atoms with Crippen molar-refractivity contribution in [3.63, 3.8) is 0 Å². The van der Waals surface area contributed by atoms with Gasteiger partial charge in [0.15, 0.2) is 0 Å². The van der Waals surface area contributed by atoms with Gasteiger partial charge in [-0.2, -0.15) is 0 Å². The van der Waals surface area contributed by atoms with Gasteiger partial charge in [-0.25, -0.2) is 0 Å². The van der Waals surface area contributed by atoms with Crippen LogP contribution in [0.25, 0.3) is 0 Å². The molecule has 62 valence electrons. The first-order valence-electron chi connectivity index (χ1n) is 4.06. The minimum Gasteiger partial charge on any atom is -0.373 e. The van der Waals surface area contributed by atoms with Gasteiger partial charge in [0.05, 0.1) is 0 Å². The molecular weight excluding hydrogens is 154 g/mol. The highest BCUT2D eigenvalue weighted by atomic mass is 32.1. The molecule has 0 radical (unpaired) electrons. The van der Waals surface area contributed by atoms with Crippen LogP contribution in [0.15, 0.2) is 11.1 Å². The van der Waals surface area contributed by atoms with Gasteiger partial charge in [0.1, 0.15) is 4.99 Å². The standard InChI is InChI=1S/C9H15NS/c1-6(2)7(3)9(11)10-8-4-5-8/h8H,4-5H2,1-3H3,(H,10,11). The van der Waals surface area contributed by atoms with Crippen LogP contribution in [0.1, 0.15) is 33.6 Å². The molecule has 1 saturated carbocycles. The molecule has 1 aliphatic rings. The van der Waals surface area contributed by atoms with Crippen LogP contribution in [0.2, 0.25) is 0 Å². The van der Waals surface area contributed by atoms with Crippen LogP contribution in [-0.2, 0) is 0 Å². The third-order valence-electron chi connectivity index (χ3n) is 2.00. The average Bonchev–Trinajstić information content (AvgIpc) is 2.69. The summed E-state index contributed by atoms with van der Waals surface area (Å²) < 4.78 is 0. The van der Waals surface area contributed by atoms with E-state index >= 15 is 0 Å². The summed E-state index contributed by atoms with van der Waals surface area (Å²) in [5, 5.41) is 3.31. The summed E-state index contributed by atoms with van der Waals surface area (Å²) in [7, 11) is 0. The predicted octanol–water partition coefficient (Wildman–Crippen LogP) is 2.42. The van der Waals surface area contributed by atoms with Crippen molar-refractivity contribution in [2.75, 3.05) is 0 Å². The fourth-order valence-electron chi connectivity index (χ4n) is 0.748. The van der Waals surface area contributed by atoms with Gasteiger partial charge < -0.3 is 5.32 Å². The fraction of sp³-hybridized carbons (Fsp3) is 0.667. The maximum atomic E-state index is 5.20. The highest BCUT2D eigenvalue weighted by molar-refractivity contribution is 7.80. The lowest BCUT2D eigenvalue weighted by atomic mass is 10.2. The molecule has 11 heavy (non-hydrogen) atoms. The van der Waals surface area contributed by atoms with Gasteiger partial charge in [-0.15, -0.1) is 0 Å². The quantitative estimate of drug-likeness (QED) is 0.503. The van der Waals surface area contributed by atoms with Crippen LogP contribution in [0.4, 0.5) is 0 Å². The van der Waals surface area contributed by atoms with E-state index in [1.54, 1.807) is 0 Å². The Kier molecular flexibility index (Phi) is 2.66. The highest BCUT2D eigenvalue weighted by Crippen LogP contribution is 2.19. The molecule has 0 unspecified atom stereocenters. The molecule has 0 atom stereocenters. The molecule has 1 fully saturated rings. The fourth-order valence-corrected chi connectivity index (χ4v) is 1.12. The average molecular weight is 169 g/mol. The van der Waals surface area contributed by atoms with E-state index in [0.717, 1.165) is 4.99 Å². The highest BCUT2D eigenvalue weighted by Gasteiger charge is 2.21. The molecule has 0 aromatic carbocycles. The van der Waals surface area contributed by atoms with Gasteiger partial charge in [-0.1, -0.05) is 17.8 Å². The van der Waals surface area contributed by atoms with E-state index in [1.165, 1.54) is 24.0 Å². The molecule has 0 bridgehead atoms. The Morgan fingerprint density at radius 2 is 1.82 bits per heavy atom. The minimum absolute atomic E-state index is 0.678. The Bertz CT molecular complexity index is 198. The van der Waals surface area contributed by atoms with Gasteiger partial charge in [-0.05, 0) is 39.2 Å². The van der Waals surface area contributed by atoms with Crippen molar-refractivity contribution in [2.24, 2.45) is 0 Å². The molecule has 1 rings (SSSR count). The van der Waals surface area contributed by atoms with E-state index in [0.29, 0.717) is 6.04 Å². The van der Waals surface area contributed by atoms with Gasteiger partial charge in [0, 0.05) is 6.04 Å². The molecule has 1 nitrogen and oxygen atoms in total. The zero-order valence-corrected chi connectivity index (χ0v) is 8.22. The summed E-state index contributed by atoms with van der Waals surface area (Å²) >= 11 is 5.20. The van der Waals surface area contributed by atoms with Crippen LogP contribution in [0.5, 0.6) is 0 Å². The molecule has 0 spiro atoms. The van der Waals surface area contributed by atoms with E-state index < -0.39 is 0 Å². The summed E-state index contributed by atoms with van der Waals surface area (Å²) in [6.45, 7) is 6.26. The number of allylic oxidation sites excluding steroid dienone is 1. The first-order chi connectivity index (χ1) is 5.11. The maximum absolute atomic E-state index is 5.20. The van der Waals surface area contributed by atoms with E-state index in [-0.39, 0.29) is 0 Å². The lowest BCUT2D eigenvalue weighted by Gasteiger charge is -2.07. The second-order valence-corrected chi connectivity index (χ2v) is 3.78. The van der Waals surface area contributed by atoms with Crippen molar-refractivity contribution in [3.8, 4) is 0 Å². The van der Waals surface area contributed by atoms with Crippen molar-refractivity contribution >= 4 is 17.2 Å². The van der Waals surface area contributed by atoms with Crippen LogP contribution in [0.3, 0.4) is 0 Å². The third-order valence-corrected chi connectivity index (χ3v) is 2.43. The lowest BCUT2D eigenvalue weighted by molar-refractivity contribution is 0.918. The molecule has 0 aromatic rings. The second kappa shape index (κ2) is 3.35. The number of nitrogens with one attached hydrogen (secondary N) is 1. The van der Waals surface area contributed by atoms with Gasteiger partial charge in [-0.3, -0.25) is 0 Å². The Labute approximate surface area is 73.9 Å². The first-order valence-corrected chi connectivity index (χ1v) is 4.47. The Balaban J connectivity index is 2.45. The summed E-state index contributed by atoms with van der Waals surface area (Å²) in [4.78, 5) is 0.938. The molecule has 0 heterocycles. The van der Waals surface area contributed by atoms with Gasteiger partial charge in [0.2, 0.25) is 0 Å². The Morgan fingerprint density at radius 1 is 1.27 bits per heavy atom. The number of hydrogen-bond donors (Lipinski definition) is 1. The molecule has 0 aliphatic heterocycles. The van der Waals surface area contributed by atoms with Crippen LogP contribution >= 0.6 is 12.2 Å². The summed E-state index contributed by atoms with van der Waals surface area (Å²) in [6.07, 6.45) is 2.58. The largest absolute Gasteiger partial charge is 0.373 e. The van der Waals surface area contributed by atoms with Gasteiger partial charge in [0.25, 0.3) is 0 Å². The Morgan fingerprint density at radius 3 is 2.18 bits per heavy atom. The van der Waals surface area contributed by atoms with Crippen molar-refractivity contribution in [3.05, 3.63) is 11.1 Å². The van der Waals surface area contributed by atoms with Gasteiger partial charge >= 0.3 is 0 Å². The van der Waals surface area contributed by atoms with Crippen molar-refractivity contribution < 1.29 is 0 Å². The SMILES string of the molecule is CC(C)=C(C)C(=S)NC1CC1. The van der Waals surface area contributed by atoms with E-state index in [2.05, 4.69) is 26.1 Å². The maximum Gasteiger partial charge on any atom is 0.102 e. The third kappa shape index (κ3) is 2.62. The molecule has 1 N–H and O–H groups in total. The zero-order chi connectivity index (χ0) is 8.43. The summed E-state index contributed by atoms with van der Waals surface area (Å²) in [6, 6.07) is 0.678. The van der Waals surface area contributed by atoms with Crippen molar-refractivity contribution in [1.29, 1.82) is 0 Å². The smallest absolute Gasteiger partial charge is 0.102 e. The first kappa shape index (κ1) is 8.72. The summed E-state index contributed by atoms with van der Waals surface area (Å²) in [5.74, 6) is 0. The van der Waals surface area contributed by atoms with Crippen LogP contribution in [0, 0.1) is 0 Å². The predicted molar refractivity (Wildman–Crippen MR) is 52.8 cm³/mol. The number of hydrogen-bond acceptors (Lipinski definition) is 1. The van der Waals surface area contributed by atoms with E-state index in [1.807, 2.05) is 0 Å². The molecule has 1 aliphatic carbocycles. The second-order valence-electron chi connectivity index (χ2n) is 3.37. The number of thiocarbonyl (C=S) groups is 1. The molecule has 0 aromatic heterocycles. The lowest BCUT2D eigenvalue weighted by Crippen LogP contribution is -2.24. The monoisotopic (exact) mass is 169 g/mol. The minimum atomic E-state index is 0.678. The van der Waals surface area contributed by atoms with E-state index in [9.17, 15) is 0 Å². The van der Waals surface area contributed by atoms with Crippen molar-refractivity contribution in [2.45, 2.75) is 39.7 Å². The Hall–Kier alpha value is -0.370. The van der Waals surface area contributed by atoms with Crippen LogP contribution in [-0.4, -0.2) is 11.0 Å². The molecule has 0 saturated heterocycles. The topological polar surface area (TPSA) is 12.0 Å². The number of rotatable bonds is 2. The van der Waals surface area contributed by atoms with Crippen molar-refractivity contribution in [1.82, 2.24) is 5.32 Å².